The molecule has 0 aliphatic heterocycles. The zero-order valence-electron chi connectivity index (χ0n) is 11.6. The van der Waals surface area contributed by atoms with Gasteiger partial charge in [0.1, 0.15) is 5.75 Å². The van der Waals surface area contributed by atoms with Gasteiger partial charge in [0.05, 0.1) is 18.2 Å². The van der Waals surface area contributed by atoms with E-state index in [0.29, 0.717) is 6.54 Å². The van der Waals surface area contributed by atoms with Gasteiger partial charge in [0, 0.05) is 22.1 Å². The van der Waals surface area contributed by atoms with Gasteiger partial charge in [-0.1, -0.05) is 29.8 Å². The van der Waals surface area contributed by atoms with Crippen LogP contribution in [0.25, 0.3) is 0 Å². The van der Waals surface area contributed by atoms with E-state index in [1.165, 1.54) is 0 Å². The van der Waals surface area contributed by atoms with Gasteiger partial charge >= 0.3 is 0 Å². The standard InChI is InChI=1S/C14H21Br2NO2/c1-4-14(5-2,9-18)17-8-10-6-11(15)7-12(16)13(10)19-3/h6-7,17-18H,4-5,8-9H2,1-3H3. The molecule has 19 heavy (non-hydrogen) atoms. The molecule has 0 unspecified atom stereocenters. The first-order chi connectivity index (χ1) is 9.01. The summed E-state index contributed by atoms with van der Waals surface area (Å²) in [5.41, 5.74) is 0.836. The molecule has 0 heterocycles. The lowest BCUT2D eigenvalue weighted by molar-refractivity contribution is 0.149. The molecule has 0 saturated heterocycles. The van der Waals surface area contributed by atoms with Crippen molar-refractivity contribution in [2.75, 3.05) is 13.7 Å². The molecule has 0 aliphatic carbocycles. The Hall–Kier alpha value is -0.100. The second kappa shape index (κ2) is 7.62. The van der Waals surface area contributed by atoms with Crippen LogP contribution in [0.1, 0.15) is 32.3 Å². The molecule has 0 bridgehead atoms. The van der Waals surface area contributed by atoms with E-state index >= 15 is 0 Å². The van der Waals surface area contributed by atoms with Crippen LogP contribution in [0.4, 0.5) is 0 Å². The van der Waals surface area contributed by atoms with E-state index in [-0.39, 0.29) is 12.1 Å². The molecule has 5 heteroatoms. The zero-order valence-corrected chi connectivity index (χ0v) is 14.8. The predicted octanol–water partition coefficient (Wildman–Crippen LogP) is 3.86. The highest BCUT2D eigenvalue weighted by atomic mass is 79.9. The lowest BCUT2D eigenvalue weighted by Gasteiger charge is -2.31. The van der Waals surface area contributed by atoms with E-state index in [2.05, 4.69) is 51.0 Å². The van der Waals surface area contributed by atoms with E-state index in [4.69, 9.17) is 4.74 Å². The first-order valence-corrected chi connectivity index (χ1v) is 7.98. The third kappa shape index (κ3) is 4.18. The van der Waals surface area contributed by atoms with Crippen molar-refractivity contribution in [1.29, 1.82) is 0 Å². The third-order valence-corrected chi connectivity index (χ3v) is 4.65. The van der Waals surface area contributed by atoms with Crippen molar-refractivity contribution in [3.8, 4) is 5.75 Å². The molecule has 0 saturated carbocycles. The fourth-order valence-corrected chi connectivity index (χ4v) is 3.51. The molecule has 0 atom stereocenters. The van der Waals surface area contributed by atoms with Crippen LogP contribution in [0.15, 0.2) is 21.1 Å². The number of rotatable bonds is 7. The molecule has 0 spiro atoms. The maximum absolute atomic E-state index is 9.58. The Morgan fingerprint density at radius 3 is 2.37 bits per heavy atom. The minimum atomic E-state index is -0.222. The molecule has 2 N–H and O–H groups in total. The van der Waals surface area contributed by atoms with Crippen molar-refractivity contribution in [3.63, 3.8) is 0 Å². The molecule has 108 valence electrons. The number of halogens is 2. The van der Waals surface area contributed by atoms with Gasteiger partial charge in [0.15, 0.2) is 0 Å². The first-order valence-electron chi connectivity index (χ1n) is 6.39. The Labute approximate surface area is 132 Å². The Bertz CT molecular complexity index is 412. The van der Waals surface area contributed by atoms with Gasteiger partial charge in [-0.2, -0.15) is 0 Å². The summed E-state index contributed by atoms with van der Waals surface area (Å²) < 4.78 is 7.35. The summed E-state index contributed by atoms with van der Waals surface area (Å²) in [6, 6.07) is 3.99. The summed E-state index contributed by atoms with van der Waals surface area (Å²) in [5, 5.41) is 13.0. The van der Waals surface area contributed by atoms with Crippen LogP contribution in [0.2, 0.25) is 0 Å². The van der Waals surface area contributed by atoms with Gasteiger partial charge in [-0.05, 0) is 40.9 Å². The molecular formula is C14H21Br2NO2. The second-order valence-corrected chi connectivity index (χ2v) is 6.35. The number of ether oxygens (including phenoxy) is 1. The van der Waals surface area contributed by atoms with Crippen LogP contribution < -0.4 is 10.1 Å². The van der Waals surface area contributed by atoms with Crippen LogP contribution in [0, 0.1) is 0 Å². The van der Waals surface area contributed by atoms with Crippen LogP contribution in [0.3, 0.4) is 0 Å². The minimum absolute atomic E-state index is 0.136. The fourth-order valence-electron chi connectivity index (χ4n) is 2.04. The van der Waals surface area contributed by atoms with Crippen molar-refractivity contribution in [2.24, 2.45) is 0 Å². The van der Waals surface area contributed by atoms with Gasteiger partial charge in [0.25, 0.3) is 0 Å². The van der Waals surface area contributed by atoms with Crippen molar-refractivity contribution in [1.82, 2.24) is 5.32 Å². The number of benzene rings is 1. The summed E-state index contributed by atoms with van der Waals surface area (Å²) >= 11 is 6.98. The largest absolute Gasteiger partial charge is 0.495 e. The molecule has 0 radical (unpaired) electrons. The molecule has 0 aliphatic rings. The van der Waals surface area contributed by atoms with Crippen LogP contribution in [-0.2, 0) is 6.54 Å². The number of aliphatic hydroxyl groups is 1. The van der Waals surface area contributed by atoms with Gasteiger partial charge in [0.2, 0.25) is 0 Å². The van der Waals surface area contributed by atoms with Gasteiger partial charge in [-0.15, -0.1) is 0 Å². The van der Waals surface area contributed by atoms with Crippen molar-refractivity contribution in [3.05, 3.63) is 26.6 Å². The topological polar surface area (TPSA) is 41.5 Å². The van der Waals surface area contributed by atoms with E-state index in [1.54, 1.807) is 7.11 Å². The van der Waals surface area contributed by atoms with Gasteiger partial charge in [-0.3, -0.25) is 0 Å². The average molecular weight is 395 g/mol. The molecule has 1 aromatic carbocycles. The number of hydrogen-bond acceptors (Lipinski definition) is 3. The molecule has 0 fully saturated rings. The van der Waals surface area contributed by atoms with E-state index < -0.39 is 0 Å². The monoisotopic (exact) mass is 393 g/mol. The number of hydrogen-bond donors (Lipinski definition) is 2. The lowest BCUT2D eigenvalue weighted by Crippen LogP contribution is -2.47. The molecule has 1 rings (SSSR count). The van der Waals surface area contributed by atoms with Crippen molar-refractivity contribution < 1.29 is 9.84 Å². The van der Waals surface area contributed by atoms with Crippen molar-refractivity contribution >= 4 is 31.9 Å². The van der Waals surface area contributed by atoms with Crippen LogP contribution >= 0.6 is 31.9 Å². The van der Waals surface area contributed by atoms with Gasteiger partial charge < -0.3 is 15.2 Å². The summed E-state index contributed by atoms with van der Waals surface area (Å²) in [4.78, 5) is 0. The molecular weight excluding hydrogens is 374 g/mol. The maximum atomic E-state index is 9.58. The molecule has 0 amide bonds. The third-order valence-electron chi connectivity index (χ3n) is 3.60. The van der Waals surface area contributed by atoms with Crippen LogP contribution in [-0.4, -0.2) is 24.4 Å². The lowest BCUT2D eigenvalue weighted by atomic mass is 9.93. The first kappa shape index (κ1) is 17.0. The van der Waals surface area contributed by atoms with E-state index in [9.17, 15) is 5.11 Å². The summed E-state index contributed by atoms with van der Waals surface area (Å²) in [7, 11) is 1.66. The minimum Gasteiger partial charge on any atom is -0.495 e. The smallest absolute Gasteiger partial charge is 0.137 e. The SMILES string of the molecule is CCC(CC)(CO)NCc1cc(Br)cc(Br)c1OC. The molecule has 0 aromatic heterocycles. The number of nitrogens with one attached hydrogen (secondary N) is 1. The fraction of sp³-hybridized carbons (Fsp3) is 0.571. The summed E-state index contributed by atoms with van der Waals surface area (Å²) in [5.74, 6) is 0.828. The molecule has 1 aromatic rings. The van der Waals surface area contributed by atoms with E-state index in [0.717, 1.165) is 33.1 Å². The quantitative estimate of drug-likeness (QED) is 0.737. The average Bonchev–Trinajstić information content (AvgIpc) is 2.40. The zero-order chi connectivity index (χ0) is 14.5. The highest BCUT2D eigenvalue weighted by Crippen LogP contribution is 2.33. The predicted molar refractivity (Wildman–Crippen MR) is 85.6 cm³/mol. The Morgan fingerprint density at radius 2 is 1.89 bits per heavy atom. The number of methoxy groups -OCH3 is 1. The maximum Gasteiger partial charge on any atom is 0.137 e. The highest BCUT2D eigenvalue weighted by Gasteiger charge is 2.24. The highest BCUT2D eigenvalue weighted by molar-refractivity contribution is 9.11. The van der Waals surface area contributed by atoms with Gasteiger partial charge in [-0.25, -0.2) is 0 Å². The summed E-state index contributed by atoms with van der Waals surface area (Å²) in [6.07, 6.45) is 1.77. The van der Waals surface area contributed by atoms with E-state index in [1.807, 2.05) is 12.1 Å². The Kier molecular flexibility index (Phi) is 6.80. The Morgan fingerprint density at radius 1 is 1.26 bits per heavy atom. The molecule has 3 nitrogen and oxygen atoms in total. The second-order valence-electron chi connectivity index (χ2n) is 4.58. The van der Waals surface area contributed by atoms with Crippen LogP contribution in [0.5, 0.6) is 5.75 Å². The summed E-state index contributed by atoms with van der Waals surface area (Å²) in [6.45, 7) is 4.96. The Balaban J connectivity index is 2.93. The van der Waals surface area contributed by atoms with Crippen molar-refractivity contribution in [2.45, 2.75) is 38.8 Å². The normalized spacial score (nSPS) is 11.7. The number of aliphatic hydroxyl groups excluding tert-OH is 1.